The standard InChI is InChI=1S/C17H9Cl2F3N2/c1-8-14(9-2-4-10(18)5-3-9)15(17(19)24-23-8)12-6-11(20)7-13(21)16(12)22/h2-7H,1H3. The number of rotatable bonds is 2. The van der Waals surface area contributed by atoms with Crippen LogP contribution in [0.15, 0.2) is 36.4 Å². The van der Waals surface area contributed by atoms with Gasteiger partial charge in [0.25, 0.3) is 0 Å². The molecule has 3 rings (SSSR count). The molecular formula is C17H9Cl2F3N2. The molecule has 0 amide bonds. The Morgan fingerprint density at radius 1 is 0.875 bits per heavy atom. The van der Waals surface area contributed by atoms with Crippen LogP contribution < -0.4 is 0 Å². The summed E-state index contributed by atoms with van der Waals surface area (Å²) in [6.07, 6.45) is 0. The van der Waals surface area contributed by atoms with Gasteiger partial charge in [-0.1, -0.05) is 35.3 Å². The van der Waals surface area contributed by atoms with Crippen LogP contribution in [0, 0.1) is 24.4 Å². The first-order chi connectivity index (χ1) is 11.4. The van der Waals surface area contributed by atoms with Gasteiger partial charge in [0.05, 0.1) is 5.69 Å². The maximum atomic E-state index is 14.3. The van der Waals surface area contributed by atoms with Crippen molar-refractivity contribution in [2.24, 2.45) is 0 Å². The Hall–Kier alpha value is -2.11. The van der Waals surface area contributed by atoms with Gasteiger partial charge in [0, 0.05) is 27.8 Å². The van der Waals surface area contributed by atoms with Gasteiger partial charge in [-0.3, -0.25) is 0 Å². The molecule has 0 unspecified atom stereocenters. The molecule has 0 saturated heterocycles. The van der Waals surface area contributed by atoms with Crippen LogP contribution in [0.4, 0.5) is 13.2 Å². The predicted molar refractivity (Wildman–Crippen MR) is 87.5 cm³/mol. The van der Waals surface area contributed by atoms with Crippen LogP contribution >= 0.6 is 23.2 Å². The molecule has 0 fully saturated rings. The Bertz CT molecular complexity index is 928. The molecule has 0 aliphatic rings. The fraction of sp³-hybridized carbons (Fsp3) is 0.0588. The maximum absolute atomic E-state index is 14.3. The van der Waals surface area contributed by atoms with Crippen molar-refractivity contribution in [3.05, 3.63) is 69.7 Å². The lowest BCUT2D eigenvalue weighted by atomic mass is 9.94. The molecule has 7 heteroatoms. The summed E-state index contributed by atoms with van der Waals surface area (Å²) in [4.78, 5) is 0. The number of halogens is 5. The number of hydrogen-bond donors (Lipinski definition) is 0. The van der Waals surface area contributed by atoms with Gasteiger partial charge in [-0.25, -0.2) is 13.2 Å². The van der Waals surface area contributed by atoms with Gasteiger partial charge in [0.2, 0.25) is 0 Å². The summed E-state index contributed by atoms with van der Waals surface area (Å²) in [5.74, 6) is -3.44. The van der Waals surface area contributed by atoms with Crippen LogP contribution in [-0.2, 0) is 0 Å². The summed E-state index contributed by atoms with van der Waals surface area (Å²) in [5, 5.41) is 8.00. The summed E-state index contributed by atoms with van der Waals surface area (Å²) in [7, 11) is 0. The molecule has 0 aliphatic carbocycles. The highest BCUT2D eigenvalue weighted by Gasteiger charge is 2.22. The molecule has 122 valence electrons. The van der Waals surface area contributed by atoms with Gasteiger partial charge in [0.15, 0.2) is 16.8 Å². The second kappa shape index (κ2) is 6.42. The second-order valence-corrected chi connectivity index (χ2v) is 5.88. The third kappa shape index (κ3) is 2.97. The highest BCUT2D eigenvalue weighted by molar-refractivity contribution is 6.33. The van der Waals surface area contributed by atoms with E-state index in [9.17, 15) is 13.2 Å². The molecule has 3 aromatic rings. The molecule has 0 N–H and O–H groups in total. The van der Waals surface area contributed by atoms with Crippen LogP contribution in [0.25, 0.3) is 22.3 Å². The molecule has 2 aromatic carbocycles. The Balaban J connectivity index is 2.37. The van der Waals surface area contributed by atoms with E-state index in [-0.39, 0.29) is 16.3 Å². The number of hydrogen-bond acceptors (Lipinski definition) is 2. The average Bonchev–Trinajstić information content (AvgIpc) is 2.54. The van der Waals surface area contributed by atoms with Crippen LogP contribution in [0.3, 0.4) is 0 Å². The first-order valence-electron chi connectivity index (χ1n) is 6.82. The molecule has 1 heterocycles. The minimum Gasteiger partial charge on any atom is -0.207 e. The minimum atomic E-state index is -1.31. The summed E-state index contributed by atoms with van der Waals surface area (Å²) >= 11 is 12.0. The van der Waals surface area contributed by atoms with E-state index in [0.717, 1.165) is 6.07 Å². The Morgan fingerprint density at radius 2 is 1.54 bits per heavy atom. The zero-order chi connectivity index (χ0) is 17.4. The lowest BCUT2D eigenvalue weighted by molar-refractivity contribution is 0.497. The topological polar surface area (TPSA) is 25.8 Å². The van der Waals surface area contributed by atoms with Crippen LogP contribution in [-0.4, -0.2) is 10.2 Å². The Morgan fingerprint density at radius 3 is 2.21 bits per heavy atom. The molecule has 1 aromatic heterocycles. The van der Waals surface area contributed by atoms with Crippen molar-refractivity contribution in [1.29, 1.82) is 0 Å². The highest BCUT2D eigenvalue weighted by Crippen LogP contribution is 2.39. The highest BCUT2D eigenvalue weighted by atomic mass is 35.5. The first kappa shape index (κ1) is 16.7. The van der Waals surface area contributed by atoms with Crippen LogP contribution in [0.1, 0.15) is 5.69 Å². The van der Waals surface area contributed by atoms with E-state index >= 15 is 0 Å². The van der Waals surface area contributed by atoms with Crippen LogP contribution in [0.2, 0.25) is 10.2 Å². The van der Waals surface area contributed by atoms with Crippen molar-refractivity contribution in [3.63, 3.8) is 0 Å². The fourth-order valence-electron chi connectivity index (χ4n) is 2.46. The van der Waals surface area contributed by atoms with Crippen molar-refractivity contribution in [2.45, 2.75) is 6.92 Å². The molecule has 2 nitrogen and oxygen atoms in total. The molecule has 0 radical (unpaired) electrons. The molecule has 0 spiro atoms. The zero-order valence-electron chi connectivity index (χ0n) is 12.2. The average molecular weight is 369 g/mol. The normalized spacial score (nSPS) is 10.9. The van der Waals surface area contributed by atoms with Gasteiger partial charge in [-0.05, 0) is 30.7 Å². The summed E-state index contributed by atoms with van der Waals surface area (Å²) in [5.41, 5.74) is 1.23. The molecule has 0 aliphatic heterocycles. The lowest BCUT2D eigenvalue weighted by Crippen LogP contribution is -2.00. The summed E-state index contributed by atoms with van der Waals surface area (Å²) < 4.78 is 41.5. The largest absolute Gasteiger partial charge is 0.207 e. The van der Waals surface area contributed by atoms with Crippen molar-refractivity contribution in [3.8, 4) is 22.3 Å². The van der Waals surface area contributed by atoms with Crippen molar-refractivity contribution < 1.29 is 13.2 Å². The van der Waals surface area contributed by atoms with E-state index in [2.05, 4.69) is 10.2 Å². The van der Waals surface area contributed by atoms with Crippen molar-refractivity contribution in [2.75, 3.05) is 0 Å². The number of nitrogens with zero attached hydrogens (tertiary/aromatic N) is 2. The molecular weight excluding hydrogens is 360 g/mol. The van der Waals surface area contributed by atoms with Crippen LogP contribution in [0.5, 0.6) is 0 Å². The van der Waals surface area contributed by atoms with E-state index in [1.54, 1.807) is 31.2 Å². The van der Waals surface area contributed by atoms with E-state index in [1.807, 2.05) is 0 Å². The predicted octanol–water partition coefficient (Wildman–Crippen LogP) is 5.84. The number of benzene rings is 2. The van der Waals surface area contributed by atoms with Gasteiger partial charge in [-0.2, -0.15) is 5.10 Å². The monoisotopic (exact) mass is 368 g/mol. The quantitative estimate of drug-likeness (QED) is 0.530. The van der Waals surface area contributed by atoms with Crippen molar-refractivity contribution in [1.82, 2.24) is 10.2 Å². The Kier molecular flexibility index (Phi) is 4.47. The van der Waals surface area contributed by atoms with Crippen molar-refractivity contribution >= 4 is 23.2 Å². The van der Waals surface area contributed by atoms with E-state index in [4.69, 9.17) is 23.2 Å². The minimum absolute atomic E-state index is 0.0717. The lowest BCUT2D eigenvalue weighted by Gasteiger charge is -2.14. The maximum Gasteiger partial charge on any atom is 0.166 e. The summed E-state index contributed by atoms with van der Waals surface area (Å²) in [6, 6.07) is 7.98. The van der Waals surface area contributed by atoms with Gasteiger partial charge >= 0.3 is 0 Å². The number of aryl methyl sites for hydroxylation is 1. The van der Waals surface area contributed by atoms with E-state index in [0.29, 0.717) is 27.9 Å². The first-order valence-corrected chi connectivity index (χ1v) is 7.57. The summed E-state index contributed by atoms with van der Waals surface area (Å²) in [6.45, 7) is 1.64. The molecule has 0 atom stereocenters. The SMILES string of the molecule is Cc1nnc(Cl)c(-c2cc(F)cc(F)c2F)c1-c1ccc(Cl)cc1. The smallest absolute Gasteiger partial charge is 0.166 e. The fourth-order valence-corrected chi connectivity index (χ4v) is 2.82. The van der Waals surface area contributed by atoms with Gasteiger partial charge in [0.1, 0.15) is 5.82 Å². The third-order valence-corrected chi connectivity index (χ3v) is 4.02. The molecule has 24 heavy (non-hydrogen) atoms. The number of aromatic nitrogens is 2. The van der Waals surface area contributed by atoms with E-state index < -0.39 is 17.5 Å². The third-order valence-electron chi connectivity index (χ3n) is 3.50. The van der Waals surface area contributed by atoms with E-state index in [1.165, 1.54) is 0 Å². The Labute approximate surface area is 145 Å². The molecule has 0 bridgehead atoms. The van der Waals surface area contributed by atoms with Gasteiger partial charge < -0.3 is 0 Å². The zero-order valence-corrected chi connectivity index (χ0v) is 13.8. The van der Waals surface area contributed by atoms with Gasteiger partial charge in [-0.15, -0.1) is 5.10 Å². The second-order valence-electron chi connectivity index (χ2n) is 5.08. The molecule has 0 saturated carbocycles.